The first-order valence-corrected chi connectivity index (χ1v) is 18.8. The lowest BCUT2D eigenvalue weighted by molar-refractivity contribution is -0.123. The minimum atomic E-state index is -1.10. The number of Topliss-reactive ketones (excluding diaryl/α,β-unsaturated/α-hetero) is 1. The third-order valence-electron chi connectivity index (χ3n) is 11.1. The van der Waals surface area contributed by atoms with Crippen molar-refractivity contribution in [1.82, 2.24) is 10.3 Å². The monoisotopic (exact) mass is 751 g/mol. The van der Waals surface area contributed by atoms with Crippen molar-refractivity contribution >= 4 is 16.6 Å². The Labute approximate surface area is 326 Å². The number of benzene rings is 5. The molecule has 9 nitrogen and oxygen atoms in total. The molecule has 1 heterocycles. The number of aromatic hydroxyl groups is 3. The van der Waals surface area contributed by atoms with Crippen LogP contribution in [-0.2, 0) is 24.2 Å². The lowest BCUT2D eigenvalue weighted by Gasteiger charge is -2.36. The second-order valence-electron chi connectivity index (χ2n) is 14.6. The molecule has 7 rings (SSSR count). The number of nitrogens with zero attached hydrogens (tertiary/aromatic N) is 1. The third-order valence-corrected chi connectivity index (χ3v) is 11.1. The summed E-state index contributed by atoms with van der Waals surface area (Å²) in [6, 6.07) is 30.0. The molecule has 5 atom stereocenters. The van der Waals surface area contributed by atoms with Crippen LogP contribution >= 0.6 is 0 Å². The van der Waals surface area contributed by atoms with E-state index < -0.39 is 17.9 Å². The van der Waals surface area contributed by atoms with Crippen molar-refractivity contribution in [3.63, 3.8) is 0 Å². The fourth-order valence-electron chi connectivity index (χ4n) is 8.44. The fourth-order valence-corrected chi connectivity index (χ4v) is 8.44. The number of fused-ring (bicyclic) bond motifs is 2. The van der Waals surface area contributed by atoms with E-state index in [0.29, 0.717) is 24.3 Å². The van der Waals surface area contributed by atoms with Gasteiger partial charge in [0.05, 0.1) is 20.3 Å². The molecule has 0 bridgehead atoms. The van der Waals surface area contributed by atoms with Crippen LogP contribution in [0.2, 0.25) is 0 Å². The number of rotatable bonds is 15. The highest BCUT2D eigenvalue weighted by atomic mass is 16.5. The van der Waals surface area contributed by atoms with Crippen molar-refractivity contribution in [2.75, 3.05) is 21.3 Å². The quantitative estimate of drug-likeness (QED) is 0.0670. The Hall–Kier alpha value is -6.03. The predicted octanol–water partition coefficient (Wildman–Crippen LogP) is 7.64. The zero-order valence-corrected chi connectivity index (χ0v) is 31.7. The Morgan fingerprint density at radius 3 is 2.38 bits per heavy atom. The normalized spacial score (nSPS) is 16.6. The number of phenols is 3. The van der Waals surface area contributed by atoms with E-state index in [1.165, 1.54) is 13.2 Å². The number of hydrogen-bond donors (Lipinski definition) is 5. The van der Waals surface area contributed by atoms with Gasteiger partial charge in [0, 0.05) is 36.3 Å². The summed E-state index contributed by atoms with van der Waals surface area (Å²) in [5, 5.41) is 49.8. The molecule has 0 saturated carbocycles. The van der Waals surface area contributed by atoms with Gasteiger partial charge >= 0.3 is 0 Å². The van der Waals surface area contributed by atoms with Crippen LogP contribution in [-0.4, -0.2) is 53.6 Å². The van der Waals surface area contributed by atoms with E-state index in [0.717, 1.165) is 44.2 Å². The summed E-state index contributed by atoms with van der Waals surface area (Å²) in [6.07, 6.45) is 7.16. The van der Waals surface area contributed by atoms with Gasteiger partial charge in [0.25, 0.3) is 0 Å². The SMILES string of the molecule is CNCc1cc(O)cc(C(Cc2ccc(O)c(OC)c2)C(=O)CC(O)C(Cc2cc[n-]c2)C2C=CC(c3cccc4ccccc34)c3c2ccc(O)c3OC)c1. The van der Waals surface area contributed by atoms with Crippen LogP contribution in [0.3, 0.4) is 0 Å². The Kier molecular flexibility index (Phi) is 11.5. The number of aliphatic hydroxyl groups is 1. The highest BCUT2D eigenvalue weighted by molar-refractivity contribution is 5.88. The molecular weight excluding hydrogens is 705 g/mol. The standard InChI is InChI=1S/C47H47N2O7/c1-48-26-30-19-32(24-33(50)20-30)39(21-28-11-15-41(51)45(23-28)55-2)43(53)25-44(54)40(22-29-17-18-49-27-29)36-12-13-37(46-38(36)14-16-42(52)47(46)56-3)35-10-6-8-31-7-4-5-9-34(31)35/h4-20,23-24,27,36-37,39-40,44,48,50-52,54H,21-22,25-26H2,1-3H3/q-1. The van der Waals surface area contributed by atoms with Crippen LogP contribution in [0.1, 0.15) is 63.1 Å². The molecule has 1 aliphatic rings. The number of phenolic OH excluding ortho intramolecular Hbond substituents is 3. The van der Waals surface area contributed by atoms with E-state index in [9.17, 15) is 25.2 Å². The number of aliphatic hydroxyl groups excluding tert-OH is 1. The lowest BCUT2D eigenvalue weighted by atomic mass is 9.69. The molecule has 0 spiro atoms. The summed E-state index contributed by atoms with van der Waals surface area (Å²) in [5.74, 6) is -1.30. The van der Waals surface area contributed by atoms with Gasteiger partial charge in [-0.1, -0.05) is 84.4 Å². The summed E-state index contributed by atoms with van der Waals surface area (Å²) in [6.45, 7) is 0.486. The number of methoxy groups -OCH3 is 2. The maximum atomic E-state index is 14.7. The molecule has 0 fully saturated rings. The van der Waals surface area contributed by atoms with Gasteiger partial charge in [0.15, 0.2) is 23.0 Å². The Bertz CT molecular complexity index is 2350. The van der Waals surface area contributed by atoms with Crippen LogP contribution in [0.25, 0.3) is 10.8 Å². The van der Waals surface area contributed by atoms with Crippen molar-refractivity contribution in [3.8, 4) is 28.7 Å². The van der Waals surface area contributed by atoms with Gasteiger partial charge in [-0.2, -0.15) is 12.4 Å². The molecule has 288 valence electrons. The molecule has 0 aliphatic heterocycles. The van der Waals surface area contributed by atoms with Crippen LogP contribution < -0.4 is 19.8 Å². The van der Waals surface area contributed by atoms with E-state index >= 15 is 0 Å². The van der Waals surface area contributed by atoms with E-state index in [1.54, 1.807) is 49.8 Å². The zero-order valence-electron chi connectivity index (χ0n) is 31.7. The van der Waals surface area contributed by atoms with Crippen molar-refractivity contribution in [3.05, 3.63) is 161 Å². The molecule has 0 radical (unpaired) electrons. The van der Waals surface area contributed by atoms with Crippen LogP contribution in [0.4, 0.5) is 0 Å². The first-order valence-electron chi connectivity index (χ1n) is 18.8. The molecule has 5 N–H and O–H groups in total. The molecule has 9 heteroatoms. The molecule has 56 heavy (non-hydrogen) atoms. The summed E-state index contributed by atoms with van der Waals surface area (Å²) < 4.78 is 11.3. The van der Waals surface area contributed by atoms with Crippen LogP contribution in [0.5, 0.6) is 28.7 Å². The van der Waals surface area contributed by atoms with Crippen molar-refractivity contribution in [2.24, 2.45) is 5.92 Å². The van der Waals surface area contributed by atoms with Gasteiger partial charge < -0.3 is 40.2 Å². The number of carbonyl (C=O) groups excluding carboxylic acids is 1. The Morgan fingerprint density at radius 2 is 1.61 bits per heavy atom. The number of hydrogen-bond acceptors (Lipinski definition) is 8. The number of ether oxygens (including phenoxy) is 2. The molecule has 1 aliphatic carbocycles. The smallest absolute Gasteiger partial charge is 0.164 e. The number of aromatic nitrogens is 1. The Morgan fingerprint density at radius 1 is 0.804 bits per heavy atom. The topological polar surface area (TPSA) is 143 Å². The van der Waals surface area contributed by atoms with Crippen molar-refractivity contribution < 1.29 is 34.7 Å². The zero-order chi connectivity index (χ0) is 39.3. The van der Waals surface area contributed by atoms with E-state index in [1.807, 2.05) is 43.4 Å². The maximum Gasteiger partial charge on any atom is 0.164 e. The van der Waals surface area contributed by atoms with Crippen LogP contribution in [0, 0.1) is 5.92 Å². The number of ketones is 1. The van der Waals surface area contributed by atoms with E-state index in [2.05, 4.69) is 46.7 Å². The molecule has 6 aromatic rings. The van der Waals surface area contributed by atoms with Crippen LogP contribution in [0.15, 0.2) is 122 Å². The van der Waals surface area contributed by atoms with Gasteiger partial charge in [-0.25, -0.2) is 0 Å². The van der Waals surface area contributed by atoms with Gasteiger partial charge in [-0.15, -0.1) is 0 Å². The molecule has 0 saturated heterocycles. The average Bonchev–Trinajstić information content (AvgIpc) is 3.72. The highest BCUT2D eigenvalue weighted by Crippen LogP contribution is 2.50. The number of nitrogens with one attached hydrogen (secondary N) is 1. The van der Waals surface area contributed by atoms with Crippen molar-refractivity contribution in [1.29, 1.82) is 0 Å². The third kappa shape index (κ3) is 7.87. The summed E-state index contributed by atoms with van der Waals surface area (Å²) >= 11 is 0. The summed E-state index contributed by atoms with van der Waals surface area (Å²) in [5.41, 5.74) is 5.89. The molecule has 1 aromatic heterocycles. The first kappa shape index (κ1) is 38.3. The number of allylic oxidation sites excluding steroid dienone is 2. The van der Waals surface area contributed by atoms with Gasteiger partial charge in [0.1, 0.15) is 11.5 Å². The van der Waals surface area contributed by atoms with Gasteiger partial charge in [0.2, 0.25) is 0 Å². The molecule has 5 aromatic carbocycles. The minimum Gasteiger partial charge on any atom is -0.670 e. The molecular formula is C47H47N2O7-. The average molecular weight is 752 g/mol. The molecule has 5 unspecified atom stereocenters. The predicted molar refractivity (Wildman–Crippen MR) is 217 cm³/mol. The Balaban J connectivity index is 1.28. The maximum absolute atomic E-state index is 14.7. The van der Waals surface area contributed by atoms with Crippen molar-refractivity contribution in [2.45, 2.75) is 49.7 Å². The minimum absolute atomic E-state index is 0.0125. The second kappa shape index (κ2) is 16.8. The van der Waals surface area contributed by atoms with Gasteiger partial charge in [-0.05, 0) is 94.7 Å². The first-order chi connectivity index (χ1) is 27.2. The number of carbonyl (C=O) groups is 1. The molecule has 0 amide bonds. The fraction of sp³-hybridized carbons (Fsp3) is 0.255. The summed E-state index contributed by atoms with van der Waals surface area (Å²) in [7, 11) is 4.84. The van der Waals surface area contributed by atoms with E-state index in [-0.39, 0.29) is 53.5 Å². The largest absolute Gasteiger partial charge is 0.670 e. The second-order valence-corrected chi connectivity index (χ2v) is 14.6. The van der Waals surface area contributed by atoms with Gasteiger partial charge in [-0.3, -0.25) is 4.79 Å². The lowest BCUT2D eigenvalue weighted by Crippen LogP contribution is -2.33. The van der Waals surface area contributed by atoms with E-state index in [4.69, 9.17) is 9.47 Å². The summed E-state index contributed by atoms with van der Waals surface area (Å²) in [4.78, 5) is 19.0. The highest BCUT2D eigenvalue weighted by Gasteiger charge is 2.38.